The molecule has 6 heteroatoms. The average molecular weight is 427 g/mol. The number of nitrogens with zero attached hydrogens (tertiary/aromatic N) is 3. The van der Waals surface area contributed by atoms with E-state index in [0.29, 0.717) is 12.5 Å². The van der Waals surface area contributed by atoms with Crippen molar-refractivity contribution in [2.24, 2.45) is 12.0 Å². The van der Waals surface area contributed by atoms with Crippen molar-refractivity contribution < 1.29 is 0 Å². The fourth-order valence-electron chi connectivity index (χ4n) is 2.21. The number of nitrogens with one attached hydrogen (secondary N) is 2. The third-order valence-corrected chi connectivity index (χ3v) is 3.47. The second-order valence-electron chi connectivity index (χ2n) is 5.41. The van der Waals surface area contributed by atoms with Gasteiger partial charge in [-0.05, 0) is 18.4 Å². The van der Waals surface area contributed by atoms with Crippen molar-refractivity contribution in [3.8, 4) is 0 Å². The molecule has 126 valence electrons. The van der Waals surface area contributed by atoms with E-state index in [0.717, 1.165) is 24.6 Å². The van der Waals surface area contributed by atoms with Gasteiger partial charge in [0.05, 0.1) is 12.7 Å². The molecule has 0 saturated carbocycles. The van der Waals surface area contributed by atoms with Gasteiger partial charge in [-0.15, -0.1) is 24.0 Å². The number of guanidine groups is 1. The van der Waals surface area contributed by atoms with Crippen LogP contribution in [0.25, 0.3) is 0 Å². The van der Waals surface area contributed by atoms with Gasteiger partial charge in [0.1, 0.15) is 0 Å². The fraction of sp³-hybridized carbons (Fsp3) is 0.412. The highest BCUT2D eigenvalue weighted by Crippen LogP contribution is 2.12. The number of aromatic nitrogens is 2. The molecule has 0 aliphatic heterocycles. The van der Waals surface area contributed by atoms with E-state index in [1.165, 1.54) is 5.56 Å². The molecule has 1 atom stereocenters. The second-order valence-corrected chi connectivity index (χ2v) is 5.41. The van der Waals surface area contributed by atoms with Crippen LogP contribution >= 0.6 is 24.0 Å². The molecule has 0 aliphatic carbocycles. The Labute approximate surface area is 155 Å². The smallest absolute Gasteiger partial charge is 0.191 e. The van der Waals surface area contributed by atoms with Gasteiger partial charge in [0.15, 0.2) is 5.96 Å². The van der Waals surface area contributed by atoms with Crippen molar-refractivity contribution in [2.75, 3.05) is 13.1 Å². The molecular weight excluding hydrogens is 401 g/mol. The van der Waals surface area contributed by atoms with E-state index in [2.05, 4.69) is 58.8 Å². The molecule has 1 heterocycles. The van der Waals surface area contributed by atoms with Crippen molar-refractivity contribution in [3.63, 3.8) is 0 Å². The van der Waals surface area contributed by atoms with Crippen molar-refractivity contribution in [1.29, 1.82) is 0 Å². The third-order valence-electron chi connectivity index (χ3n) is 3.47. The third kappa shape index (κ3) is 6.60. The first-order valence-corrected chi connectivity index (χ1v) is 7.73. The number of aryl methyl sites for hydroxylation is 1. The minimum Gasteiger partial charge on any atom is -0.357 e. The highest BCUT2D eigenvalue weighted by Gasteiger charge is 2.06. The van der Waals surface area contributed by atoms with E-state index in [1.807, 2.05) is 25.5 Å². The number of aliphatic imine (C=N–C) groups is 1. The first-order valence-electron chi connectivity index (χ1n) is 7.73. The molecule has 23 heavy (non-hydrogen) atoms. The maximum atomic E-state index is 4.60. The summed E-state index contributed by atoms with van der Waals surface area (Å²) in [6, 6.07) is 10.5. The van der Waals surface area contributed by atoms with Crippen LogP contribution in [0.1, 0.15) is 30.9 Å². The topological polar surface area (TPSA) is 54.2 Å². The fourth-order valence-corrected chi connectivity index (χ4v) is 2.21. The monoisotopic (exact) mass is 427 g/mol. The molecule has 2 rings (SSSR count). The lowest BCUT2D eigenvalue weighted by molar-refractivity contribution is 0.699. The Balaban J connectivity index is 0.00000264. The number of benzene rings is 1. The summed E-state index contributed by atoms with van der Waals surface area (Å²) < 4.78 is 1.79. The molecule has 5 nitrogen and oxygen atoms in total. The van der Waals surface area contributed by atoms with Crippen molar-refractivity contribution in [2.45, 2.75) is 26.3 Å². The van der Waals surface area contributed by atoms with Crippen molar-refractivity contribution >= 4 is 29.9 Å². The quantitative estimate of drug-likeness (QED) is 0.424. The second kappa shape index (κ2) is 10.3. The zero-order chi connectivity index (χ0) is 15.8. The molecule has 0 saturated heterocycles. The Bertz CT molecular complexity index is 594. The van der Waals surface area contributed by atoms with Gasteiger partial charge in [-0.3, -0.25) is 4.68 Å². The van der Waals surface area contributed by atoms with Gasteiger partial charge >= 0.3 is 0 Å². The van der Waals surface area contributed by atoms with Crippen molar-refractivity contribution in [1.82, 2.24) is 20.4 Å². The molecule has 1 unspecified atom stereocenters. The van der Waals surface area contributed by atoms with Crippen LogP contribution in [0.5, 0.6) is 0 Å². The Morgan fingerprint density at radius 1 is 1.26 bits per heavy atom. The van der Waals surface area contributed by atoms with Crippen molar-refractivity contribution in [3.05, 3.63) is 53.9 Å². The molecule has 0 spiro atoms. The van der Waals surface area contributed by atoms with Crippen LogP contribution in [0, 0.1) is 0 Å². The van der Waals surface area contributed by atoms with Gasteiger partial charge in [0.25, 0.3) is 0 Å². The van der Waals surface area contributed by atoms with Gasteiger partial charge in [-0.2, -0.15) is 5.10 Å². The number of hydrogen-bond acceptors (Lipinski definition) is 2. The summed E-state index contributed by atoms with van der Waals surface area (Å²) in [5.74, 6) is 1.28. The Kier molecular flexibility index (Phi) is 8.68. The molecule has 0 fully saturated rings. The summed E-state index contributed by atoms with van der Waals surface area (Å²) in [4.78, 5) is 4.60. The summed E-state index contributed by atoms with van der Waals surface area (Å²) in [6.45, 7) is 6.61. The first-order chi connectivity index (χ1) is 10.7. The molecule has 2 aromatic rings. The molecule has 0 radical (unpaired) electrons. The first kappa shape index (κ1) is 19.5. The lowest BCUT2D eigenvalue weighted by Crippen LogP contribution is -2.39. The van der Waals surface area contributed by atoms with Crippen LogP contribution in [0.3, 0.4) is 0 Å². The van der Waals surface area contributed by atoms with Gasteiger partial charge in [-0.1, -0.05) is 37.3 Å². The van der Waals surface area contributed by atoms with E-state index < -0.39 is 0 Å². The van der Waals surface area contributed by atoms with Crippen LogP contribution in [-0.4, -0.2) is 28.8 Å². The Hall–Kier alpha value is -1.57. The zero-order valence-corrected chi connectivity index (χ0v) is 16.3. The maximum Gasteiger partial charge on any atom is 0.191 e. The number of hydrogen-bond donors (Lipinski definition) is 2. The zero-order valence-electron chi connectivity index (χ0n) is 14.0. The van der Waals surface area contributed by atoms with Crippen LogP contribution in [-0.2, 0) is 13.6 Å². The lowest BCUT2D eigenvalue weighted by Gasteiger charge is -2.16. The molecular formula is C17H26IN5. The standard InChI is InChI=1S/C17H25N5.HI/c1-4-18-17(20-11-15-12-21-22(3)13-15)19-10-14(2)16-8-6-5-7-9-16;/h5-9,12-14H,4,10-11H2,1-3H3,(H2,18,19,20);1H. The molecule has 0 amide bonds. The molecule has 2 N–H and O–H groups in total. The highest BCUT2D eigenvalue weighted by atomic mass is 127. The van der Waals surface area contributed by atoms with Crippen LogP contribution < -0.4 is 10.6 Å². The summed E-state index contributed by atoms with van der Waals surface area (Å²) in [5.41, 5.74) is 2.44. The number of rotatable bonds is 6. The molecule has 0 aliphatic rings. The van der Waals surface area contributed by atoms with Gasteiger partial charge < -0.3 is 10.6 Å². The lowest BCUT2D eigenvalue weighted by atomic mass is 10.0. The predicted octanol–water partition coefficient (Wildman–Crippen LogP) is 2.90. The van der Waals surface area contributed by atoms with E-state index in [9.17, 15) is 0 Å². The normalized spacial score (nSPS) is 12.4. The predicted molar refractivity (Wildman–Crippen MR) is 106 cm³/mol. The highest BCUT2D eigenvalue weighted by molar-refractivity contribution is 14.0. The van der Waals surface area contributed by atoms with Gasteiger partial charge in [-0.25, -0.2) is 4.99 Å². The van der Waals surface area contributed by atoms with Gasteiger partial charge in [0.2, 0.25) is 0 Å². The summed E-state index contributed by atoms with van der Waals surface area (Å²) in [5, 5.41) is 10.8. The van der Waals surface area contributed by atoms with E-state index >= 15 is 0 Å². The minimum absolute atomic E-state index is 0. The average Bonchev–Trinajstić information content (AvgIpc) is 2.96. The maximum absolute atomic E-state index is 4.60. The molecule has 0 bridgehead atoms. The van der Waals surface area contributed by atoms with E-state index in [1.54, 1.807) is 4.68 Å². The Morgan fingerprint density at radius 3 is 2.61 bits per heavy atom. The minimum atomic E-state index is 0. The molecule has 1 aromatic heterocycles. The summed E-state index contributed by atoms with van der Waals surface area (Å²) in [6.07, 6.45) is 3.83. The van der Waals surface area contributed by atoms with E-state index in [4.69, 9.17) is 0 Å². The largest absolute Gasteiger partial charge is 0.357 e. The Morgan fingerprint density at radius 2 is 2.00 bits per heavy atom. The van der Waals surface area contributed by atoms with Crippen LogP contribution in [0.15, 0.2) is 47.7 Å². The van der Waals surface area contributed by atoms with Gasteiger partial charge in [0, 0.05) is 31.9 Å². The van der Waals surface area contributed by atoms with Crippen LogP contribution in [0.4, 0.5) is 0 Å². The number of halogens is 1. The summed E-state index contributed by atoms with van der Waals surface area (Å²) >= 11 is 0. The molecule has 1 aromatic carbocycles. The SMILES string of the molecule is CCNC(=NCc1cnn(C)c1)NCC(C)c1ccccc1.I. The summed E-state index contributed by atoms with van der Waals surface area (Å²) in [7, 11) is 1.91. The van der Waals surface area contributed by atoms with E-state index in [-0.39, 0.29) is 24.0 Å². The van der Waals surface area contributed by atoms with Crippen LogP contribution in [0.2, 0.25) is 0 Å².